The van der Waals surface area contributed by atoms with Crippen molar-refractivity contribution in [1.29, 1.82) is 0 Å². The largest absolute Gasteiger partial charge is 0.376 e. The first kappa shape index (κ1) is 11.4. The van der Waals surface area contributed by atoms with E-state index >= 15 is 0 Å². The van der Waals surface area contributed by atoms with E-state index in [9.17, 15) is 4.79 Å². The molecule has 0 aliphatic heterocycles. The molecule has 0 aromatic heterocycles. The Morgan fingerprint density at radius 1 is 1.57 bits per heavy atom. The Morgan fingerprint density at radius 3 is 2.79 bits per heavy atom. The number of thiocarbonyl (C=S) groups is 1. The molecule has 0 bridgehead atoms. The molecule has 3 N–H and O–H groups in total. The van der Waals surface area contributed by atoms with Crippen molar-refractivity contribution in [2.75, 3.05) is 0 Å². The molecule has 0 atom stereocenters. The lowest BCUT2D eigenvalue weighted by Crippen LogP contribution is -2.34. The van der Waals surface area contributed by atoms with Crippen LogP contribution < -0.4 is 11.1 Å². The van der Waals surface area contributed by atoms with Crippen LogP contribution in [0, 0.1) is 0 Å². The molecule has 0 spiro atoms. The Hall–Kier alpha value is -0.650. The minimum absolute atomic E-state index is 0.0777. The summed E-state index contributed by atoms with van der Waals surface area (Å²) in [6, 6.07) is 4.94. The Balaban J connectivity index is 3.00. The van der Waals surface area contributed by atoms with Crippen LogP contribution in [0.5, 0.6) is 0 Å². The van der Waals surface area contributed by atoms with E-state index in [0.29, 0.717) is 10.6 Å². The minimum Gasteiger partial charge on any atom is -0.376 e. The standard InChI is InChI=1S/C8H6BrClN2OS/c9-4-1-2-6(10)5(3-4)7(13)12-8(11)14/h1-3H,(H3,11,12,13,14). The highest BCUT2D eigenvalue weighted by Gasteiger charge is 2.10. The van der Waals surface area contributed by atoms with Gasteiger partial charge < -0.3 is 5.73 Å². The van der Waals surface area contributed by atoms with Crippen molar-refractivity contribution >= 4 is 50.8 Å². The van der Waals surface area contributed by atoms with Gasteiger partial charge in [-0.2, -0.15) is 0 Å². The highest BCUT2D eigenvalue weighted by molar-refractivity contribution is 9.10. The fourth-order valence-corrected chi connectivity index (χ4v) is 1.51. The molecule has 0 radical (unpaired) electrons. The summed E-state index contributed by atoms with van der Waals surface area (Å²) in [6.45, 7) is 0. The van der Waals surface area contributed by atoms with Crippen molar-refractivity contribution in [3.8, 4) is 0 Å². The van der Waals surface area contributed by atoms with Crippen LogP contribution in [0.2, 0.25) is 5.02 Å². The second-order valence-corrected chi connectivity index (χ2v) is 4.21. The molecule has 1 amide bonds. The highest BCUT2D eigenvalue weighted by Crippen LogP contribution is 2.20. The number of hydrogen-bond acceptors (Lipinski definition) is 2. The predicted octanol–water partition coefficient (Wildman–Crippen LogP) is 2.08. The summed E-state index contributed by atoms with van der Waals surface area (Å²) in [7, 11) is 0. The van der Waals surface area contributed by atoms with Gasteiger partial charge in [0, 0.05) is 4.47 Å². The van der Waals surface area contributed by atoms with Crippen LogP contribution in [0.1, 0.15) is 10.4 Å². The molecule has 0 heterocycles. The van der Waals surface area contributed by atoms with Crippen molar-refractivity contribution in [2.45, 2.75) is 0 Å². The van der Waals surface area contributed by atoms with Crippen molar-refractivity contribution in [2.24, 2.45) is 5.73 Å². The Kier molecular flexibility index (Phi) is 3.86. The number of nitrogens with one attached hydrogen (secondary N) is 1. The summed E-state index contributed by atoms with van der Waals surface area (Å²) in [5.41, 5.74) is 5.49. The molecule has 3 nitrogen and oxygen atoms in total. The van der Waals surface area contributed by atoms with Crippen molar-refractivity contribution in [3.05, 3.63) is 33.3 Å². The van der Waals surface area contributed by atoms with E-state index in [2.05, 4.69) is 33.5 Å². The second kappa shape index (κ2) is 4.72. The number of carbonyl (C=O) groups excluding carboxylic acids is 1. The monoisotopic (exact) mass is 292 g/mol. The van der Waals surface area contributed by atoms with Crippen LogP contribution in [-0.2, 0) is 0 Å². The van der Waals surface area contributed by atoms with Crippen molar-refractivity contribution < 1.29 is 4.79 Å². The zero-order valence-electron chi connectivity index (χ0n) is 6.88. The van der Waals surface area contributed by atoms with E-state index in [1.54, 1.807) is 18.2 Å². The molecule has 0 fully saturated rings. The summed E-state index contributed by atoms with van der Waals surface area (Å²) in [6.07, 6.45) is 0. The third-order valence-corrected chi connectivity index (χ3v) is 2.33. The van der Waals surface area contributed by atoms with Crippen LogP contribution in [0.3, 0.4) is 0 Å². The summed E-state index contributed by atoms with van der Waals surface area (Å²) in [5, 5.41) is 2.56. The first-order valence-electron chi connectivity index (χ1n) is 3.56. The Morgan fingerprint density at radius 2 is 2.21 bits per heavy atom. The number of carbonyl (C=O) groups is 1. The molecule has 0 aliphatic rings. The third kappa shape index (κ3) is 2.94. The van der Waals surface area contributed by atoms with Crippen LogP contribution >= 0.6 is 39.7 Å². The molecular formula is C8H6BrClN2OS. The Bertz CT molecular complexity index is 397. The zero-order chi connectivity index (χ0) is 10.7. The maximum atomic E-state index is 11.4. The van der Waals surface area contributed by atoms with Crippen LogP contribution in [0.15, 0.2) is 22.7 Å². The molecule has 1 aromatic rings. The summed E-state index contributed by atoms with van der Waals surface area (Å²) >= 11 is 13.6. The fraction of sp³-hybridized carbons (Fsp3) is 0. The number of amides is 1. The lowest BCUT2D eigenvalue weighted by molar-refractivity contribution is 0.0977. The van der Waals surface area contributed by atoms with E-state index in [1.165, 1.54) is 0 Å². The van der Waals surface area contributed by atoms with Crippen molar-refractivity contribution in [3.63, 3.8) is 0 Å². The van der Waals surface area contributed by atoms with E-state index < -0.39 is 5.91 Å². The van der Waals surface area contributed by atoms with E-state index in [-0.39, 0.29) is 5.11 Å². The molecule has 6 heteroatoms. The van der Waals surface area contributed by atoms with Gasteiger partial charge in [0.05, 0.1) is 10.6 Å². The summed E-state index contributed by atoms with van der Waals surface area (Å²) < 4.78 is 0.759. The van der Waals surface area contributed by atoms with Gasteiger partial charge in [-0.1, -0.05) is 27.5 Å². The van der Waals surface area contributed by atoms with Crippen LogP contribution in [0.4, 0.5) is 0 Å². The molecule has 74 valence electrons. The van der Waals surface area contributed by atoms with Gasteiger partial charge in [0.2, 0.25) is 0 Å². The van der Waals surface area contributed by atoms with E-state index in [4.69, 9.17) is 17.3 Å². The van der Waals surface area contributed by atoms with Gasteiger partial charge in [-0.15, -0.1) is 0 Å². The topological polar surface area (TPSA) is 55.1 Å². The number of benzene rings is 1. The maximum absolute atomic E-state index is 11.4. The first-order valence-corrected chi connectivity index (χ1v) is 5.14. The van der Waals surface area contributed by atoms with Gasteiger partial charge in [0.1, 0.15) is 0 Å². The quantitative estimate of drug-likeness (QED) is 0.780. The molecule has 0 aliphatic carbocycles. The van der Waals surface area contributed by atoms with Gasteiger partial charge in [-0.25, -0.2) is 0 Å². The van der Waals surface area contributed by atoms with Crippen molar-refractivity contribution in [1.82, 2.24) is 5.32 Å². The Labute approximate surface area is 99.7 Å². The normalized spacial score (nSPS) is 9.57. The number of nitrogens with two attached hydrogens (primary N) is 1. The third-order valence-electron chi connectivity index (χ3n) is 1.41. The molecule has 14 heavy (non-hydrogen) atoms. The molecular weight excluding hydrogens is 288 g/mol. The highest BCUT2D eigenvalue weighted by atomic mass is 79.9. The summed E-state index contributed by atoms with van der Waals surface area (Å²) in [5.74, 6) is -0.413. The second-order valence-electron chi connectivity index (χ2n) is 2.44. The molecule has 1 rings (SSSR count). The molecule has 1 aromatic carbocycles. The van der Waals surface area contributed by atoms with Gasteiger partial charge in [0.15, 0.2) is 5.11 Å². The minimum atomic E-state index is -0.413. The predicted molar refractivity (Wildman–Crippen MR) is 63.4 cm³/mol. The average Bonchev–Trinajstić information content (AvgIpc) is 2.08. The first-order chi connectivity index (χ1) is 6.50. The lowest BCUT2D eigenvalue weighted by atomic mass is 10.2. The van der Waals surface area contributed by atoms with Gasteiger partial charge >= 0.3 is 0 Å². The fourth-order valence-electron chi connectivity index (χ4n) is 0.851. The lowest BCUT2D eigenvalue weighted by Gasteiger charge is -2.04. The molecule has 0 saturated heterocycles. The zero-order valence-corrected chi connectivity index (χ0v) is 10.0. The molecule has 0 saturated carbocycles. The smallest absolute Gasteiger partial charge is 0.258 e. The average molecular weight is 294 g/mol. The van der Waals surface area contributed by atoms with Gasteiger partial charge in [-0.05, 0) is 30.4 Å². The van der Waals surface area contributed by atoms with E-state index in [1.807, 2.05) is 0 Å². The number of halogens is 2. The van der Waals surface area contributed by atoms with Gasteiger partial charge in [-0.3, -0.25) is 10.1 Å². The molecule has 0 unspecified atom stereocenters. The van der Waals surface area contributed by atoms with Crippen LogP contribution in [0.25, 0.3) is 0 Å². The maximum Gasteiger partial charge on any atom is 0.258 e. The number of hydrogen-bond donors (Lipinski definition) is 2. The number of rotatable bonds is 1. The van der Waals surface area contributed by atoms with E-state index in [0.717, 1.165) is 4.47 Å². The summed E-state index contributed by atoms with van der Waals surface area (Å²) in [4.78, 5) is 11.4. The van der Waals surface area contributed by atoms with Crippen LogP contribution in [-0.4, -0.2) is 11.0 Å². The van der Waals surface area contributed by atoms with Gasteiger partial charge in [0.25, 0.3) is 5.91 Å². The SMILES string of the molecule is NC(=S)NC(=O)c1cc(Br)ccc1Cl.